The van der Waals surface area contributed by atoms with E-state index in [1.807, 2.05) is 47.4 Å². The van der Waals surface area contributed by atoms with Gasteiger partial charge in [-0.25, -0.2) is 0 Å². The van der Waals surface area contributed by atoms with Crippen molar-refractivity contribution in [2.24, 2.45) is 5.92 Å². The second-order valence-corrected chi connectivity index (χ2v) is 7.02. The van der Waals surface area contributed by atoms with Gasteiger partial charge in [-0.2, -0.15) is 0 Å². The Morgan fingerprint density at radius 3 is 2.56 bits per heavy atom. The number of rotatable bonds is 5. The van der Waals surface area contributed by atoms with Gasteiger partial charge in [0, 0.05) is 19.0 Å². The first-order chi connectivity index (χ1) is 12.2. The van der Waals surface area contributed by atoms with Crippen molar-refractivity contribution in [2.45, 2.75) is 31.5 Å². The molecule has 1 saturated carbocycles. The third kappa shape index (κ3) is 3.69. The number of aliphatic hydroxyl groups excluding tert-OH is 1. The third-order valence-corrected chi connectivity index (χ3v) is 5.14. The lowest BCUT2D eigenvalue weighted by Gasteiger charge is -2.15. The zero-order valence-corrected chi connectivity index (χ0v) is 14.2. The van der Waals surface area contributed by atoms with E-state index in [4.69, 9.17) is 4.74 Å². The van der Waals surface area contributed by atoms with Crippen molar-refractivity contribution >= 4 is 5.91 Å². The van der Waals surface area contributed by atoms with Crippen molar-refractivity contribution in [3.05, 3.63) is 65.7 Å². The quantitative estimate of drug-likeness (QED) is 0.912. The van der Waals surface area contributed by atoms with Gasteiger partial charge < -0.3 is 14.7 Å². The van der Waals surface area contributed by atoms with Crippen LogP contribution in [0.4, 0.5) is 0 Å². The zero-order chi connectivity index (χ0) is 17.2. The highest BCUT2D eigenvalue weighted by atomic mass is 16.5. The van der Waals surface area contributed by atoms with E-state index in [9.17, 15) is 9.90 Å². The molecule has 0 radical (unpaired) electrons. The van der Waals surface area contributed by atoms with Gasteiger partial charge in [-0.15, -0.1) is 0 Å². The lowest BCUT2D eigenvalue weighted by molar-refractivity contribution is -0.131. The molecule has 0 bridgehead atoms. The van der Waals surface area contributed by atoms with E-state index in [1.165, 1.54) is 5.56 Å². The lowest BCUT2D eigenvalue weighted by atomic mass is 10.1. The topological polar surface area (TPSA) is 49.8 Å². The van der Waals surface area contributed by atoms with E-state index in [2.05, 4.69) is 12.1 Å². The second-order valence-electron chi connectivity index (χ2n) is 7.02. The number of carbonyl (C=O) groups excluding carboxylic acids is 1. The summed E-state index contributed by atoms with van der Waals surface area (Å²) in [6.45, 7) is 1.74. The maximum Gasteiger partial charge on any atom is 0.226 e. The smallest absolute Gasteiger partial charge is 0.226 e. The molecule has 2 fully saturated rings. The number of ether oxygens (including phenoxy) is 1. The predicted octanol–water partition coefficient (Wildman–Crippen LogP) is 2.96. The van der Waals surface area contributed by atoms with Crippen molar-refractivity contribution in [1.29, 1.82) is 0 Å². The number of nitrogens with zero attached hydrogens (tertiary/aromatic N) is 1. The first-order valence-electron chi connectivity index (χ1n) is 8.94. The number of carbonyl (C=O) groups is 1. The van der Waals surface area contributed by atoms with E-state index in [-0.39, 0.29) is 17.9 Å². The molecule has 1 saturated heterocycles. The average Bonchev–Trinajstić information content (AvgIpc) is 3.34. The summed E-state index contributed by atoms with van der Waals surface area (Å²) >= 11 is 0. The number of β-amino-alcohol motifs (C(OH)–C–C–N with tert-alkyl or cyclic N) is 1. The largest absolute Gasteiger partial charge is 0.489 e. The minimum atomic E-state index is -0.345. The van der Waals surface area contributed by atoms with Crippen LogP contribution in [0.1, 0.15) is 29.9 Å². The molecule has 4 nitrogen and oxygen atoms in total. The molecule has 4 heteroatoms. The fourth-order valence-electron chi connectivity index (χ4n) is 3.56. The maximum atomic E-state index is 12.5. The summed E-state index contributed by atoms with van der Waals surface area (Å²) < 4.78 is 5.81. The molecule has 0 spiro atoms. The minimum absolute atomic E-state index is 0.0846. The Morgan fingerprint density at radius 1 is 1.12 bits per heavy atom. The number of likely N-dealkylation sites (tertiary alicyclic amines) is 1. The fourth-order valence-corrected chi connectivity index (χ4v) is 3.56. The molecular weight excluding hydrogens is 314 g/mol. The van der Waals surface area contributed by atoms with Crippen LogP contribution in [0, 0.1) is 5.92 Å². The van der Waals surface area contributed by atoms with Gasteiger partial charge in [0.1, 0.15) is 12.4 Å². The van der Waals surface area contributed by atoms with Gasteiger partial charge in [0.05, 0.1) is 6.10 Å². The summed E-state index contributed by atoms with van der Waals surface area (Å²) in [6.07, 6.45) is 1.27. The number of hydrogen-bond acceptors (Lipinski definition) is 3. The van der Waals surface area contributed by atoms with Crippen LogP contribution in [0.5, 0.6) is 5.75 Å². The number of aliphatic hydroxyl groups is 1. The molecule has 1 aliphatic carbocycles. The zero-order valence-electron chi connectivity index (χ0n) is 14.2. The number of benzene rings is 2. The summed E-state index contributed by atoms with van der Waals surface area (Å²) in [7, 11) is 0. The molecule has 130 valence electrons. The monoisotopic (exact) mass is 337 g/mol. The van der Waals surface area contributed by atoms with Gasteiger partial charge in [0.15, 0.2) is 0 Å². The fraction of sp³-hybridized carbons (Fsp3) is 0.381. The summed E-state index contributed by atoms with van der Waals surface area (Å²) in [6, 6.07) is 18.2. The van der Waals surface area contributed by atoms with Crippen molar-refractivity contribution in [3.8, 4) is 5.75 Å². The van der Waals surface area contributed by atoms with Crippen LogP contribution in [0.3, 0.4) is 0 Å². The standard InChI is InChI=1S/C21H23NO3/c23-17-10-11-22(13-17)21(24)20-12-19(20)16-6-8-18(9-7-16)25-14-15-4-2-1-3-5-15/h1-9,17,19-20,23H,10-14H2/t17-,19-,20+/m0/s1. The van der Waals surface area contributed by atoms with Gasteiger partial charge in [0.2, 0.25) is 5.91 Å². The van der Waals surface area contributed by atoms with Crippen LogP contribution < -0.4 is 4.74 Å². The van der Waals surface area contributed by atoms with Gasteiger partial charge in [-0.3, -0.25) is 4.79 Å². The van der Waals surface area contributed by atoms with E-state index in [1.54, 1.807) is 0 Å². The van der Waals surface area contributed by atoms with Crippen molar-refractivity contribution in [3.63, 3.8) is 0 Å². The van der Waals surface area contributed by atoms with E-state index in [0.717, 1.165) is 17.7 Å². The van der Waals surface area contributed by atoms with Crippen molar-refractivity contribution < 1.29 is 14.6 Å². The summed E-state index contributed by atoms with van der Waals surface area (Å²) in [5.41, 5.74) is 2.34. The van der Waals surface area contributed by atoms with E-state index >= 15 is 0 Å². The summed E-state index contributed by atoms with van der Waals surface area (Å²) in [5, 5.41) is 9.59. The number of hydrogen-bond donors (Lipinski definition) is 1. The Morgan fingerprint density at radius 2 is 1.88 bits per heavy atom. The summed E-state index contributed by atoms with van der Waals surface area (Å²) in [4.78, 5) is 14.3. The molecule has 0 aromatic heterocycles. The molecule has 2 aliphatic rings. The molecule has 1 heterocycles. The van der Waals surface area contributed by atoms with Crippen LogP contribution in [-0.2, 0) is 11.4 Å². The van der Waals surface area contributed by atoms with Crippen molar-refractivity contribution in [1.82, 2.24) is 4.90 Å². The average molecular weight is 337 g/mol. The highest BCUT2D eigenvalue weighted by Gasteiger charge is 2.46. The molecule has 3 atom stereocenters. The van der Waals surface area contributed by atoms with Gasteiger partial charge in [0.25, 0.3) is 0 Å². The highest BCUT2D eigenvalue weighted by molar-refractivity contribution is 5.83. The Kier molecular flexibility index (Phi) is 4.45. The molecule has 4 rings (SSSR count). The van der Waals surface area contributed by atoms with E-state index in [0.29, 0.717) is 32.0 Å². The van der Waals surface area contributed by atoms with Crippen LogP contribution in [0.2, 0.25) is 0 Å². The second kappa shape index (κ2) is 6.89. The first kappa shape index (κ1) is 16.2. The Labute approximate surface area is 148 Å². The van der Waals surface area contributed by atoms with Gasteiger partial charge >= 0.3 is 0 Å². The van der Waals surface area contributed by atoms with Crippen LogP contribution in [0.25, 0.3) is 0 Å². The number of amides is 1. The molecule has 1 aliphatic heterocycles. The van der Waals surface area contributed by atoms with Gasteiger partial charge in [-0.05, 0) is 42.0 Å². The molecule has 2 aromatic rings. The lowest BCUT2D eigenvalue weighted by Crippen LogP contribution is -2.31. The Balaban J connectivity index is 1.31. The molecule has 2 aromatic carbocycles. The highest BCUT2D eigenvalue weighted by Crippen LogP contribution is 2.49. The molecule has 1 amide bonds. The SMILES string of the molecule is O=C([C@@H]1C[C@H]1c1ccc(OCc2ccccc2)cc1)N1CC[C@H](O)C1. The predicted molar refractivity (Wildman–Crippen MR) is 95.3 cm³/mol. The van der Waals surface area contributed by atoms with Gasteiger partial charge in [-0.1, -0.05) is 42.5 Å². The normalized spacial score (nSPS) is 25.0. The molecule has 0 unspecified atom stereocenters. The Bertz CT molecular complexity index is 729. The summed E-state index contributed by atoms with van der Waals surface area (Å²) in [5.74, 6) is 1.44. The van der Waals surface area contributed by atoms with Crippen LogP contribution >= 0.6 is 0 Å². The van der Waals surface area contributed by atoms with Crippen LogP contribution in [-0.4, -0.2) is 35.1 Å². The maximum absolute atomic E-state index is 12.5. The first-order valence-corrected chi connectivity index (χ1v) is 8.94. The van der Waals surface area contributed by atoms with Crippen LogP contribution in [0.15, 0.2) is 54.6 Å². The molecule has 25 heavy (non-hydrogen) atoms. The minimum Gasteiger partial charge on any atom is -0.489 e. The third-order valence-electron chi connectivity index (χ3n) is 5.14. The molecule has 1 N–H and O–H groups in total. The van der Waals surface area contributed by atoms with Crippen molar-refractivity contribution in [2.75, 3.05) is 13.1 Å². The molecular formula is C21H23NO3. The van der Waals surface area contributed by atoms with E-state index < -0.39 is 0 Å². The Hall–Kier alpha value is -2.33.